The number of rotatable bonds is 7. The standard InChI is InChI=1S/C7H16N2O.C4H8O.C3H10N2/c1-4-6-8-9-7(3,10)5-2;1-3-4(2)5;1-2-3-5-4/h10H,4-6H2,1-3H3;3H2,1-2H3;5H,2-4H2,1H3. The van der Waals surface area contributed by atoms with Crippen molar-refractivity contribution in [1.82, 2.24) is 5.43 Å². The highest BCUT2D eigenvalue weighted by Crippen LogP contribution is 2.09. The second-order valence-corrected chi connectivity index (χ2v) is 4.55. The molecule has 0 aliphatic rings. The van der Waals surface area contributed by atoms with Crippen LogP contribution in [0.15, 0.2) is 10.2 Å². The Morgan fingerprint density at radius 3 is 1.95 bits per heavy atom. The van der Waals surface area contributed by atoms with Crippen LogP contribution in [0.25, 0.3) is 0 Å². The van der Waals surface area contributed by atoms with Crippen molar-refractivity contribution in [1.29, 1.82) is 0 Å². The number of azo groups is 1. The highest BCUT2D eigenvalue weighted by atomic mass is 16.3. The Bertz CT molecular complexity index is 229. The lowest BCUT2D eigenvalue weighted by Crippen LogP contribution is -2.21. The summed E-state index contributed by atoms with van der Waals surface area (Å²) >= 11 is 0. The van der Waals surface area contributed by atoms with E-state index in [1.807, 2.05) is 20.8 Å². The molecule has 0 heterocycles. The number of hydrogen-bond acceptors (Lipinski definition) is 6. The average Bonchev–Trinajstić information content (AvgIpc) is 2.41. The van der Waals surface area contributed by atoms with Crippen LogP contribution in [0.2, 0.25) is 0 Å². The van der Waals surface area contributed by atoms with Crippen molar-refractivity contribution in [3.8, 4) is 0 Å². The predicted molar refractivity (Wildman–Crippen MR) is 84.4 cm³/mol. The average molecular weight is 290 g/mol. The van der Waals surface area contributed by atoms with Crippen LogP contribution in [0.4, 0.5) is 0 Å². The summed E-state index contributed by atoms with van der Waals surface area (Å²) < 4.78 is 0. The second kappa shape index (κ2) is 18.1. The fourth-order valence-electron chi connectivity index (χ4n) is 0.517. The minimum atomic E-state index is -0.949. The fourth-order valence-corrected chi connectivity index (χ4v) is 0.517. The number of hydrogen-bond donors (Lipinski definition) is 3. The van der Waals surface area contributed by atoms with Crippen molar-refractivity contribution in [2.24, 2.45) is 16.1 Å². The van der Waals surface area contributed by atoms with Gasteiger partial charge in [0.05, 0.1) is 6.54 Å². The zero-order chi connectivity index (χ0) is 16.4. The Balaban J connectivity index is -0.000000244. The maximum Gasteiger partial charge on any atom is 0.172 e. The summed E-state index contributed by atoms with van der Waals surface area (Å²) in [6.45, 7) is 12.7. The van der Waals surface area contributed by atoms with Gasteiger partial charge in [-0.2, -0.15) is 10.2 Å². The number of carbonyl (C=O) groups is 1. The van der Waals surface area contributed by atoms with E-state index in [1.54, 1.807) is 13.8 Å². The van der Waals surface area contributed by atoms with Crippen molar-refractivity contribution in [2.75, 3.05) is 13.1 Å². The first-order chi connectivity index (χ1) is 9.31. The minimum Gasteiger partial charge on any atom is -0.368 e. The first-order valence-electron chi connectivity index (χ1n) is 7.35. The van der Waals surface area contributed by atoms with Crippen molar-refractivity contribution in [3.63, 3.8) is 0 Å². The zero-order valence-electron chi connectivity index (χ0n) is 14.1. The molecule has 0 aromatic carbocycles. The summed E-state index contributed by atoms with van der Waals surface area (Å²) in [5, 5.41) is 16.8. The Morgan fingerprint density at radius 1 is 1.25 bits per heavy atom. The molecule has 0 saturated carbocycles. The molecule has 0 amide bonds. The fraction of sp³-hybridized carbons (Fsp3) is 0.929. The molecule has 0 aliphatic heterocycles. The molecule has 122 valence electrons. The third kappa shape index (κ3) is 30.3. The van der Waals surface area contributed by atoms with Gasteiger partial charge in [-0.1, -0.05) is 27.7 Å². The highest BCUT2D eigenvalue weighted by molar-refractivity contribution is 5.74. The summed E-state index contributed by atoms with van der Waals surface area (Å²) in [4.78, 5) is 9.81. The summed E-state index contributed by atoms with van der Waals surface area (Å²) in [5.41, 5.74) is 1.57. The maximum absolute atomic E-state index is 9.81. The van der Waals surface area contributed by atoms with Crippen LogP contribution in [0.3, 0.4) is 0 Å². The van der Waals surface area contributed by atoms with Gasteiger partial charge in [-0.3, -0.25) is 11.3 Å². The number of Topliss-reactive ketones (excluding diaryl/α,β-unsaturated/α-hetero) is 1. The van der Waals surface area contributed by atoms with Gasteiger partial charge in [0.15, 0.2) is 5.72 Å². The molecule has 0 aromatic heterocycles. The van der Waals surface area contributed by atoms with E-state index in [2.05, 4.69) is 22.6 Å². The molecule has 0 bridgehead atoms. The summed E-state index contributed by atoms with van der Waals surface area (Å²) in [5.74, 6) is 5.14. The number of carbonyl (C=O) groups excluding carboxylic acids is 1. The lowest BCUT2D eigenvalue weighted by Gasteiger charge is -2.12. The van der Waals surface area contributed by atoms with Crippen LogP contribution >= 0.6 is 0 Å². The highest BCUT2D eigenvalue weighted by Gasteiger charge is 2.14. The Morgan fingerprint density at radius 2 is 1.75 bits per heavy atom. The Hall–Kier alpha value is -0.850. The van der Waals surface area contributed by atoms with Crippen LogP contribution in [-0.2, 0) is 4.79 Å². The lowest BCUT2D eigenvalue weighted by atomic mass is 10.2. The third-order valence-corrected chi connectivity index (χ3v) is 2.17. The van der Waals surface area contributed by atoms with Gasteiger partial charge in [-0.05, 0) is 33.1 Å². The lowest BCUT2D eigenvalue weighted by molar-refractivity contribution is -0.116. The zero-order valence-corrected chi connectivity index (χ0v) is 14.1. The normalized spacial score (nSPS) is 12.8. The van der Waals surface area contributed by atoms with Crippen molar-refractivity contribution >= 4 is 5.78 Å². The molecular formula is C14H34N4O2. The van der Waals surface area contributed by atoms with Crippen LogP contribution in [0.5, 0.6) is 0 Å². The Kier molecular flexibility index (Phi) is 21.9. The second-order valence-electron chi connectivity index (χ2n) is 4.55. The molecule has 0 spiro atoms. The first kappa shape index (κ1) is 24.2. The number of nitrogens with one attached hydrogen (secondary N) is 1. The number of ketones is 1. The molecule has 0 saturated heterocycles. The summed E-state index contributed by atoms with van der Waals surface area (Å²) in [7, 11) is 0. The van der Waals surface area contributed by atoms with Crippen LogP contribution in [0, 0.1) is 0 Å². The van der Waals surface area contributed by atoms with Gasteiger partial charge < -0.3 is 9.90 Å². The topological polar surface area (TPSA) is 100 Å². The third-order valence-electron chi connectivity index (χ3n) is 2.17. The van der Waals surface area contributed by atoms with E-state index in [4.69, 9.17) is 5.84 Å². The van der Waals surface area contributed by atoms with E-state index in [9.17, 15) is 9.90 Å². The Labute approximate surface area is 124 Å². The number of aliphatic hydroxyl groups is 1. The van der Waals surface area contributed by atoms with E-state index in [-0.39, 0.29) is 5.78 Å². The molecule has 0 aliphatic carbocycles. The van der Waals surface area contributed by atoms with Crippen LogP contribution in [0.1, 0.15) is 67.2 Å². The van der Waals surface area contributed by atoms with Crippen LogP contribution in [-0.4, -0.2) is 29.7 Å². The number of nitrogens with zero attached hydrogens (tertiary/aromatic N) is 2. The molecular weight excluding hydrogens is 256 g/mol. The minimum absolute atomic E-state index is 0.255. The first-order valence-corrected chi connectivity index (χ1v) is 7.35. The largest absolute Gasteiger partial charge is 0.368 e. The van der Waals surface area contributed by atoms with E-state index >= 15 is 0 Å². The monoisotopic (exact) mass is 290 g/mol. The van der Waals surface area contributed by atoms with Crippen LogP contribution < -0.4 is 11.3 Å². The van der Waals surface area contributed by atoms with E-state index in [1.165, 1.54) is 0 Å². The van der Waals surface area contributed by atoms with Gasteiger partial charge in [-0.15, -0.1) is 0 Å². The van der Waals surface area contributed by atoms with Gasteiger partial charge in [0.25, 0.3) is 0 Å². The quantitative estimate of drug-likeness (QED) is 0.381. The molecule has 20 heavy (non-hydrogen) atoms. The number of nitrogens with two attached hydrogens (primary N) is 1. The van der Waals surface area contributed by atoms with Gasteiger partial charge in [0.1, 0.15) is 5.78 Å². The molecule has 6 nitrogen and oxygen atoms in total. The molecule has 4 N–H and O–H groups in total. The van der Waals surface area contributed by atoms with Crippen molar-refractivity contribution in [2.45, 2.75) is 73.0 Å². The van der Waals surface area contributed by atoms with E-state index < -0.39 is 5.72 Å². The molecule has 0 fully saturated rings. The molecule has 1 atom stereocenters. The van der Waals surface area contributed by atoms with E-state index in [0.29, 0.717) is 19.4 Å². The molecule has 6 heteroatoms. The predicted octanol–water partition coefficient (Wildman–Crippen LogP) is 2.81. The number of hydrazine groups is 1. The van der Waals surface area contributed by atoms with E-state index in [0.717, 1.165) is 19.4 Å². The SMILES string of the molecule is CCC(C)=O.CCCN=NC(C)(O)CC.CCCNN. The molecule has 0 rings (SSSR count). The summed E-state index contributed by atoms with van der Waals surface area (Å²) in [6.07, 6.45) is 3.36. The molecule has 0 aromatic rings. The van der Waals surface area contributed by atoms with Crippen molar-refractivity contribution < 1.29 is 9.90 Å². The van der Waals surface area contributed by atoms with Gasteiger partial charge >= 0.3 is 0 Å². The molecule has 1 unspecified atom stereocenters. The molecule has 0 radical (unpaired) electrons. The van der Waals surface area contributed by atoms with Gasteiger partial charge in [-0.25, -0.2) is 0 Å². The summed E-state index contributed by atoms with van der Waals surface area (Å²) in [6, 6.07) is 0. The van der Waals surface area contributed by atoms with Gasteiger partial charge in [0, 0.05) is 13.0 Å². The maximum atomic E-state index is 9.81. The van der Waals surface area contributed by atoms with Crippen molar-refractivity contribution in [3.05, 3.63) is 0 Å². The smallest absolute Gasteiger partial charge is 0.172 e. The van der Waals surface area contributed by atoms with Gasteiger partial charge in [0.2, 0.25) is 0 Å².